The molecule has 0 heterocycles. The van der Waals surface area contributed by atoms with Gasteiger partial charge in [0.25, 0.3) is 60.7 Å². The van der Waals surface area contributed by atoms with Crippen LogP contribution < -0.4 is 9.47 Å². The van der Waals surface area contributed by atoms with Crippen LogP contribution in [0.1, 0.15) is 58.6 Å². The van der Waals surface area contributed by atoms with Crippen molar-refractivity contribution in [2.45, 2.75) is 94.3 Å². The highest BCUT2D eigenvalue weighted by Gasteiger charge is 2.40. The van der Waals surface area contributed by atoms with Gasteiger partial charge in [-0.2, -0.15) is 50.5 Å². The van der Waals surface area contributed by atoms with Gasteiger partial charge >= 0.3 is 0 Å². The fourth-order valence-electron chi connectivity index (χ4n) is 8.28. The molecule has 0 spiro atoms. The highest BCUT2D eigenvalue weighted by Crippen LogP contribution is 2.51. The molecule has 1 atom stereocenters. The number of ether oxygens (including phenoxy) is 2. The second-order valence-electron chi connectivity index (χ2n) is 17.7. The predicted octanol–water partition coefficient (Wildman–Crippen LogP) is 8.42. The SMILES string of the molecule is CCC(C)(C)Oc1ccc(-c2ccc(Oc3c(-c4ccc(S(=O)(=O)O)cc4)cc(-c4cc5c(c(S(=O)(=O)O)c4)C(C)(CC)Cc4cc(S(=O)(=O)O)ccc4-5)cc3S(=O)(=O)O)c(S(=O)(=O)O)c2)cc1S(=O)(=O)O. The van der Waals surface area contributed by atoms with Crippen LogP contribution in [-0.2, 0) is 72.5 Å². The lowest BCUT2D eigenvalue weighted by Gasteiger charge is -2.38. The molecule has 0 saturated carbocycles. The Bertz CT molecular complexity index is 3950. The lowest BCUT2D eigenvalue weighted by Crippen LogP contribution is -2.31. The van der Waals surface area contributed by atoms with E-state index in [1.54, 1.807) is 34.6 Å². The van der Waals surface area contributed by atoms with Crippen molar-refractivity contribution >= 4 is 60.7 Å². The van der Waals surface area contributed by atoms with E-state index >= 15 is 0 Å². The number of rotatable bonds is 15. The van der Waals surface area contributed by atoms with E-state index in [9.17, 15) is 77.8 Å². The second kappa shape index (κ2) is 18.4. The number of benzene rings is 6. The quantitative estimate of drug-likeness (QED) is 0.0525. The fraction of sp³-hybridized carbons (Fsp3) is 0.217. The van der Waals surface area contributed by atoms with Gasteiger partial charge in [-0.15, -0.1) is 0 Å². The molecule has 6 N–H and O–H groups in total. The summed E-state index contributed by atoms with van der Waals surface area (Å²) in [7, 11) is -30.6. The zero-order chi connectivity index (χ0) is 53.5. The number of fused-ring (bicyclic) bond motifs is 3. The lowest BCUT2D eigenvalue weighted by atomic mass is 9.67. The van der Waals surface area contributed by atoms with Crippen molar-refractivity contribution in [2.75, 3.05) is 0 Å². The molecule has 0 aliphatic heterocycles. The summed E-state index contributed by atoms with van der Waals surface area (Å²) in [4.78, 5) is -4.65. The van der Waals surface area contributed by atoms with Gasteiger partial charge in [0, 0.05) is 5.56 Å². The Balaban J connectivity index is 1.51. The Kier molecular flexibility index (Phi) is 13.8. The van der Waals surface area contributed by atoms with E-state index in [0.29, 0.717) is 12.0 Å². The van der Waals surface area contributed by atoms with Crippen molar-refractivity contribution in [3.8, 4) is 61.8 Å². The van der Waals surface area contributed by atoms with Crippen molar-refractivity contribution in [1.29, 1.82) is 0 Å². The first-order chi connectivity index (χ1) is 32.9. The van der Waals surface area contributed by atoms with Crippen LogP contribution in [0, 0.1) is 0 Å². The molecule has 26 heteroatoms. The second-order valence-corrected chi connectivity index (χ2v) is 26.1. The van der Waals surface area contributed by atoms with Crippen molar-refractivity contribution < 1.29 is 87.3 Å². The predicted molar refractivity (Wildman–Crippen MR) is 260 cm³/mol. The third-order valence-electron chi connectivity index (χ3n) is 12.4. The maximum Gasteiger partial charge on any atom is 0.298 e. The Hall–Kier alpha value is -5.62. The molecule has 20 nitrogen and oxygen atoms in total. The molecular formula is C46H44O20S6. The summed E-state index contributed by atoms with van der Waals surface area (Å²) in [5, 5.41) is 0. The molecule has 1 aliphatic carbocycles. The van der Waals surface area contributed by atoms with Gasteiger partial charge in [0.2, 0.25) is 0 Å². The average Bonchev–Trinajstić information content (AvgIpc) is 3.26. The molecule has 0 saturated heterocycles. The van der Waals surface area contributed by atoms with E-state index in [4.69, 9.17) is 9.47 Å². The highest BCUT2D eigenvalue weighted by atomic mass is 32.2. The largest absolute Gasteiger partial charge is 0.486 e. The monoisotopic (exact) mass is 1110 g/mol. The molecule has 0 bridgehead atoms. The summed E-state index contributed by atoms with van der Waals surface area (Å²) in [5.41, 5.74) is -2.31. The topological polar surface area (TPSA) is 345 Å². The molecule has 7 rings (SSSR count). The van der Waals surface area contributed by atoms with Crippen LogP contribution in [0.4, 0.5) is 0 Å². The van der Waals surface area contributed by atoms with Crippen molar-refractivity contribution in [1.82, 2.24) is 0 Å². The minimum absolute atomic E-state index is 0.0244. The van der Waals surface area contributed by atoms with Crippen LogP contribution in [0.2, 0.25) is 0 Å². The molecule has 6 aromatic rings. The van der Waals surface area contributed by atoms with Gasteiger partial charge in [0.05, 0.1) is 14.7 Å². The fourth-order valence-corrected chi connectivity index (χ4v) is 12.1. The number of hydrogen-bond acceptors (Lipinski definition) is 14. The van der Waals surface area contributed by atoms with Gasteiger partial charge in [-0.05, 0) is 161 Å². The summed E-state index contributed by atoms with van der Waals surface area (Å²) >= 11 is 0. The van der Waals surface area contributed by atoms with Crippen LogP contribution in [0.3, 0.4) is 0 Å². The van der Waals surface area contributed by atoms with Gasteiger partial charge in [0.1, 0.15) is 31.8 Å². The Labute approximate surface area is 415 Å². The first-order valence-corrected chi connectivity index (χ1v) is 29.7. The van der Waals surface area contributed by atoms with Gasteiger partial charge in [-0.25, -0.2) is 0 Å². The molecule has 1 unspecified atom stereocenters. The van der Waals surface area contributed by atoms with E-state index in [-0.39, 0.29) is 63.1 Å². The Morgan fingerprint density at radius 1 is 0.472 bits per heavy atom. The van der Waals surface area contributed by atoms with E-state index < -0.39 is 118 Å². The van der Waals surface area contributed by atoms with Crippen LogP contribution >= 0.6 is 0 Å². The molecule has 384 valence electrons. The van der Waals surface area contributed by atoms with Crippen LogP contribution in [0.5, 0.6) is 17.2 Å². The number of hydrogen-bond donors (Lipinski definition) is 6. The smallest absolute Gasteiger partial charge is 0.298 e. The Morgan fingerprint density at radius 2 is 0.917 bits per heavy atom. The molecule has 6 aromatic carbocycles. The van der Waals surface area contributed by atoms with Crippen LogP contribution in [0.25, 0.3) is 44.5 Å². The van der Waals surface area contributed by atoms with E-state index in [1.165, 1.54) is 30.3 Å². The van der Waals surface area contributed by atoms with Gasteiger partial charge < -0.3 is 9.47 Å². The highest BCUT2D eigenvalue weighted by molar-refractivity contribution is 7.87. The van der Waals surface area contributed by atoms with Gasteiger partial charge in [-0.1, -0.05) is 51.1 Å². The maximum absolute atomic E-state index is 13.5. The van der Waals surface area contributed by atoms with E-state index in [1.807, 2.05) is 0 Å². The summed E-state index contributed by atoms with van der Waals surface area (Å²) in [6, 6.07) is 18.2. The molecular weight excluding hydrogens is 1060 g/mol. The minimum Gasteiger partial charge on any atom is -0.486 e. The first kappa shape index (κ1) is 54.2. The molecule has 0 aromatic heterocycles. The lowest BCUT2D eigenvalue weighted by molar-refractivity contribution is 0.101. The summed E-state index contributed by atoms with van der Waals surface area (Å²) in [6.45, 7) is 8.46. The minimum atomic E-state index is -5.54. The standard InChI is InChI=1S/C46H44O20S6/c1-6-45(3,4)66-38-17-11-28(22-40(38)70(56,57)58)27-10-16-37(39(21-27)69(53,54)55)65-44-35(26-8-12-32(13-9-26)67(47,48)49)19-29(24-42(44)72(62,63)64)30-20-36-34-15-14-33(68(50,51)52)18-31(34)25-46(5,7-2)43(36)41(23-30)71(59,60)61/h8-24H,6-7,25H2,1-5H3,(H,47,48,49)(H,50,51,52)(H,53,54,55)(H,56,57,58)(H,59,60,61)(H,62,63,64). The third kappa shape index (κ3) is 11.0. The van der Waals surface area contributed by atoms with Gasteiger partial charge in [0.15, 0.2) is 5.75 Å². The zero-order valence-corrected chi connectivity index (χ0v) is 43.2. The first-order valence-electron chi connectivity index (χ1n) is 21.1. The summed E-state index contributed by atoms with van der Waals surface area (Å²) < 4.78 is 227. The molecule has 0 amide bonds. The average molecular weight is 1110 g/mol. The summed E-state index contributed by atoms with van der Waals surface area (Å²) in [5.74, 6) is -1.93. The van der Waals surface area contributed by atoms with Crippen molar-refractivity contribution in [3.05, 3.63) is 114 Å². The molecule has 0 radical (unpaired) electrons. The molecule has 0 fully saturated rings. The van der Waals surface area contributed by atoms with Crippen LogP contribution in [0.15, 0.2) is 133 Å². The van der Waals surface area contributed by atoms with E-state index in [2.05, 4.69) is 0 Å². The van der Waals surface area contributed by atoms with Crippen molar-refractivity contribution in [2.24, 2.45) is 0 Å². The van der Waals surface area contributed by atoms with E-state index in [0.717, 1.165) is 72.8 Å². The molecule has 1 aliphatic rings. The maximum atomic E-state index is 13.5. The third-order valence-corrected chi connectivity index (χ3v) is 17.6. The van der Waals surface area contributed by atoms with Crippen LogP contribution in [-0.4, -0.2) is 83.4 Å². The van der Waals surface area contributed by atoms with Gasteiger partial charge in [-0.3, -0.25) is 27.3 Å². The Morgan fingerprint density at radius 3 is 1.40 bits per heavy atom. The molecule has 72 heavy (non-hydrogen) atoms. The zero-order valence-electron chi connectivity index (χ0n) is 38.3. The normalized spacial score (nSPS) is 15.7. The van der Waals surface area contributed by atoms with Crippen molar-refractivity contribution in [3.63, 3.8) is 0 Å². The summed E-state index contributed by atoms with van der Waals surface area (Å²) in [6.07, 6.45) is 0.660.